The maximum Gasteiger partial charge on any atom is 0.503 e. The van der Waals surface area contributed by atoms with E-state index in [1.807, 2.05) is 0 Å². The summed E-state index contributed by atoms with van der Waals surface area (Å²) in [6, 6.07) is 0. The van der Waals surface area contributed by atoms with Gasteiger partial charge in [0.1, 0.15) is 5.84 Å². The molecule has 1 amide bonds. The average Bonchev–Trinajstić information content (AvgIpc) is 2.13. The van der Waals surface area contributed by atoms with E-state index in [1.54, 1.807) is 0 Å². The zero-order valence-corrected chi connectivity index (χ0v) is 5.65. The second-order valence-corrected chi connectivity index (χ2v) is 1.78. The van der Waals surface area contributed by atoms with E-state index in [2.05, 4.69) is 4.99 Å². The van der Waals surface area contributed by atoms with Gasteiger partial charge in [0.25, 0.3) is 0 Å². The Bertz CT molecular complexity index is 195. The molecule has 6 heteroatoms. The molecule has 1 aliphatic rings. The summed E-state index contributed by atoms with van der Waals surface area (Å²) in [4.78, 5) is 22.2. The maximum absolute atomic E-state index is 10.2. The van der Waals surface area contributed by atoms with E-state index in [4.69, 9.17) is 20.7 Å². The second-order valence-electron chi connectivity index (χ2n) is 1.78. The summed E-state index contributed by atoms with van der Waals surface area (Å²) in [5.41, 5.74) is 5.15. The molecule has 0 spiro atoms. The number of carbonyl (C=O) groups excluding carboxylic acids is 1. The van der Waals surface area contributed by atoms with Crippen molar-refractivity contribution >= 4 is 17.9 Å². The van der Waals surface area contributed by atoms with Crippen molar-refractivity contribution in [3.05, 3.63) is 0 Å². The zero-order valence-electron chi connectivity index (χ0n) is 5.65. The van der Waals surface area contributed by atoms with Gasteiger partial charge < -0.3 is 15.9 Å². The van der Waals surface area contributed by atoms with Crippen molar-refractivity contribution in [3.8, 4) is 0 Å². The molecule has 0 saturated carbocycles. The predicted octanol–water partition coefficient (Wildman–Crippen LogP) is -0.114. The number of carbonyl (C=O) groups is 2. The zero-order chi connectivity index (χ0) is 8.85. The van der Waals surface area contributed by atoms with Crippen molar-refractivity contribution < 1.29 is 19.8 Å². The Morgan fingerprint density at radius 3 is 2.00 bits per heavy atom. The quantitative estimate of drug-likeness (QED) is 0.457. The highest BCUT2D eigenvalue weighted by atomic mass is 16.6. The number of hydrogen-bond donors (Lipinski definition) is 3. The number of amidine groups is 1. The third-order valence-electron chi connectivity index (χ3n) is 0.863. The highest BCUT2D eigenvalue weighted by molar-refractivity contribution is 6.00. The van der Waals surface area contributed by atoms with Gasteiger partial charge >= 0.3 is 6.16 Å². The summed E-state index contributed by atoms with van der Waals surface area (Å²) < 4.78 is 0. The van der Waals surface area contributed by atoms with Gasteiger partial charge in [-0.25, -0.2) is 9.79 Å². The van der Waals surface area contributed by atoms with Crippen LogP contribution in [0.15, 0.2) is 4.99 Å². The van der Waals surface area contributed by atoms with Gasteiger partial charge in [0.05, 0.1) is 0 Å². The summed E-state index contributed by atoms with van der Waals surface area (Å²) in [6.45, 7) is 0. The van der Waals surface area contributed by atoms with Crippen molar-refractivity contribution in [3.63, 3.8) is 0 Å². The molecule has 11 heavy (non-hydrogen) atoms. The minimum Gasteiger partial charge on any atom is -0.450 e. The van der Waals surface area contributed by atoms with Gasteiger partial charge in [-0.05, 0) is 0 Å². The van der Waals surface area contributed by atoms with Gasteiger partial charge in [0.2, 0.25) is 5.91 Å². The summed E-state index contributed by atoms with van der Waals surface area (Å²) >= 11 is 0. The van der Waals surface area contributed by atoms with E-state index in [0.717, 1.165) is 0 Å². The Kier molecular flexibility index (Phi) is 3.65. The molecule has 0 fully saturated rings. The number of amides is 1. The van der Waals surface area contributed by atoms with Gasteiger partial charge in [0.15, 0.2) is 0 Å². The predicted molar refractivity (Wildman–Crippen MR) is 36.5 cm³/mol. The molecule has 4 N–H and O–H groups in total. The first-order valence-electron chi connectivity index (χ1n) is 2.80. The Morgan fingerprint density at radius 2 is 1.91 bits per heavy atom. The monoisotopic (exact) mass is 160 g/mol. The van der Waals surface area contributed by atoms with Crippen molar-refractivity contribution in [2.24, 2.45) is 10.7 Å². The molecular formula is C5H8N2O4. The normalized spacial score (nSPS) is 14.9. The van der Waals surface area contributed by atoms with E-state index in [9.17, 15) is 4.79 Å². The number of nitrogens with two attached hydrogens (primary N) is 1. The lowest BCUT2D eigenvalue weighted by atomic mass is 10.3. The fourth-order valence-electron chi connectivity index (χ4n) is 0.507. The Labute approximate surface area is 62.3 Å². The van der Waals surface area contributed by atoms with Crippen LogP contribution in [0.25, 0.3) is 0 Å². The second kappa shape index (κ2) is 4.26. The number of carboxylic acid groups (broad SMARTS) is 2. The van der Waals surface area contributed by atoms with Crippen LogP contribution in [0.1, 0.15) is 12.8 Å². The minimum atomic E-state index is -1.83. The first-order chi connectivity index (χ1) is 5.02. The topological polar surface area (TPSA) is 113 Å². The molecule has 0 aliphatic carbocycles. The van der Waals surface area contributed by atoms with Gasteiger partial charge in [-0.3, -0.25) is 4.79 Å². The smallest absolute Gasteiger partial charge is 0.450 e. The molecular weight excluding hydrogens is 152 g/mol. The minimum absolute atomic E-state index is 0.0856. The Balaban J connectivity index is 0.000000218. The van der Waals surface area contributed by atoms with Crippen LogP contribution < -0.4 is 5.73 Å². The van der Waals surface area contributed by atoms with Crippen molar-refractivity contribution in [1.29, 1.82) is 0 Å². The van der Waals surface area contributed by atoms with Gasteiger partial charge in [-0.2, -0.15) is 0 Å². The van der Waals surface area contributed by atoms with Crippen LogP contribution >= 0.6 is 0 Å². The molecule has 0 atom stereocenters. The lowest BCUT2D eigenvalue weighted by molar-refractivity contribution is -0.117. The van der Waals surface area contributed by atoms with E-state index in [1.165, 1.54) is 0 Å². The summed E-state index contributed by atoms with van der Waals surface area (Å²) in [5, 5.41) is 13.9. The Hall–Kier alpha value is -1.59. The van der Waals surface area contributed by atoms with Gasteiger partial charge in [-0.1, -0.05) is 0 Å². The van der Waals surface area contributed by atoms with Gasteiger partial charge in [-0.15, -0.1) is 0 Å². The van der Waals surface area contributed by atoms with Crippen LogP contribution in [0.2, 0.25) is 0 Å². The van der Waals surface area contributed by atoms with Crippen LogP contribution in [0.5, 0.6) is 0 Å². The van der Waals surface area contributed by atoms with E-state index < -0.39 is 6.16 Å². The van der Waals surface area contributed by atoms with Crippen LogP contribution in [-0.4, -0.2) is 28.1 Å². The standard InChI is InChI=1S/C4H6N2O.CH2O3/c5-3-1-2-4(7)6-3;2-1(3)4/h1-2H2,(H2,5,6,7);(H2,2,3,4). The molecule has 1 heterocycles. The molecule has 1 rings (SSSR count). The van der Waals surface area contributed by atoms with Crippen LogP contribution in [0.3, 0.4) is 0 Å². The highest BCUT2D eigenvalue weighted by Crippen LogP contribution is 2.00. The number of nitrogens with zero attached hydrogens (tertiary/aromatic N) is 1. The summed E-state index contributed by atoms with van der Waals surface area (Å²) in [6.07, 6.45) is -0.676. The van der Waals surface area contributed by atoms with Crippen molar-refractivity contribution in [2.75, 3.05) is 0 Å². The SMILES string of the molecule is NC1=NC(=O)CC1.O=C(O)O. The van der Waals surface area contributed by atoms with Crippen LogP contribution in [-0.2, 0) is 4.79 Å². The molecule has 0 bridgehead atoms. The van der Waals surface area contributed by atoms with Crippen LogP contribution in [0.4, 0.5) is 4.79 Å². The Morgan fingerprint density at radius 1 is 1.45 bits per heavy atom. The molecule has 0 aromatic heterocycles. The van der Waals surface area contributed by atoms with Crippen LogP contribution in [0, 0.1) is 0 Å². The maximum atomic E-state index is 10.2. The largest absolute Gasteiger partial charge is 0.503 e. The molecule has 0 aromatic carbocycles. The lowest BCUT2D eigenvalue weighted by Crippen LogP contribution is -2.05. The molecule has 0 radical (unpaired) electrons. The number of hydrogen-bond acceptors (Lipinski definition) is 3. The molecule has 6 nitrogen and oxygen atoms in total. The highest BCUT2D eigenvalue weighted by Gasteiger charge is 2.08. The third kappa shape index (κ3) is 6.29. The summed E-state index contributed by atoms with van der Waals surface area (Å²) in [5.74, 6) is 0.391. The van der Waals surface area contributed by atoms with Crippen molar-refractivity contribution in [1.82, 2.24) is 0 Å². The lowest BCUT2D eigenvalue weighted by Gasteiger charge is -1.76. The van der Waals surface area contributed by atoms with E-state index in [0.29, 0.717) is 18.7 Å². The number of rotatable bonds is 0. The molecule has 0 saturated heterocycles. The molecule has 1 aliphatic heterocycles. The molecule has 62 valence electrons. The van der Waals surface area contributed by atoms with E-state index in [-0.39, 0.29) is 5.91 Å². The number of aliphatic imine (C=N–C) groups is 1. The van der Waals surface area contributed by atoms with Gasteiger partial charge in [0, 0.05) is 12.8 Å². The molecule has 0 unspecified atom stereocenters. The fourth-order valence-corrected chi connectivity index (χ4v) is 0.507. The first kappa shape index (κ1) is 9.41. The fraction of sp³-hybridized carbons (Fsp3) is 0.400. The van der Waals surface area contributed by atoms with E-state index >= 15 is 0 Å². The van der Waals surface area contributed by atoms with Crippen molar-refractivity contribution in [2.45, 2.75) is 12.8 Å². The third-order valence-corrected chi connectivity index (χ3v) is 0.863. The summed E-state index contributed by atoms with van der Waals surface area (Å²) in [7, 11) is 0. The first-order valence-corrected chi connectivity index (χ1v) is 2.80. The molecule has 0 aromatic rings. The average molecular weight is 160 g/mol.